The molecule has 5 nitrogen and oxygen atoms in total. The van der Waals surface area contributed by atoms with Gasteiger partial charge in [0.05, 0.1) is 18.9 Å². The summed E-state index contributed by atoms with van der Waals surface area (Å²) in [5.41, 5.74) is 6.70. The van der Waals surface area contributed by atoms with E-state index in [1.807, 2.05) is 45.0 Å². The molecule has 1 aliphatic rings. The fourth-order valence-electron chi connectivity index (χ4n) is 2.61. The molecule has 1 aromatic rings. The summed E-state index contributed by atoms with van der Waals surface area (Å²) >= 11 is 0. The Morgan fingerprint density at radius 1 is 1.36 bits per heavy atom. The predicted molar refractivity (Wildman–Crippen MR) is 103 cm³/mol. The molecule has 0 fully saturated rings. The van der Waals surface area contributed by atoms with Crippen LogP contribution in [0.2, 0.25) is 0 Å². The zero-order valence-corrected chi connectivity index (χ0v) is 15.3. The van der Waals surface area contributed by atoms with E-state index >= 15 is 0 Å². The van der Waals surface area contributed by atoms with Crippen molar-refractivity contribution >= 4 is 17.3 Å². The van der Waals surface area contributed by atoms with Crippen molar-refractivity contribution in [3.05, 3.63) is 48.1 Å². The van der Waals surface area contributed by atoms with Gasteiger partial charge in [0, 0.05) is 5.69 Å². The molecule has 1 aliphatic carbocycles. The van der Waals surface area contributed by atoms with Crippen LogP contribution in [0.1, 0.15) is 33.6 Å². The Bertz CT molecular complexity index is 675. The molecule has 2 N–H and O–H groups in total. The molecule has 0 aromatic heterocycles. The first-order chi connectivity index (χ1) is 12.0. The number of hydrazone groups is 1. The van der Waals surface area contributed by atoms with E-state index in [1.165, 1.54) is 0 Å². The Morgan fingerprint density at radius 2 is 2.08 bits per heavy atom. The maximum absolute atomic E-state index is 12.0. The van der Waals surface area contributed by atoms with Gasteiger partial charge in [-0.2, -0.15) is 5.10 Å². The van der Waals surface area contributed by atoms with Crippen LogP contribution in [0.5, 0.6) is 5.75 Å². The first kappa shape index (κ1) is 18.8. The van der Waals surface area contributed by atoms with Crippen molar-refractivity contribution in [1.82, 2.24) is 5.43 Å². The molecule has 0 saturated carbocycles. The highest BCUT2D eigenvalue weighted by Gasteiger charge is 2.18. The fraction of sp³-hybridized carbons (Fsp3) is 0.400. The Labute approximate surface area is 149 Å². The van der Waals surface area contributed by atoms with Crippen molar-refractivity contribution in [3.8, 4) is 5.75 Å². The summed E-state index contributed by atoms with van der Waals surface area (Å²) in [4.78, 5) is 12.0. The number of hydrogen-bond donors (Lipinski definition) is 2. The largest absolute Gasteiger partial charge is 0.494 e. The third-order valence-electron chi connectivity index (χ3n) is 4.23. The highest BCUT2D eigenvalue weighted by molar-refractivity contribution is 6.01. The molecule has 0 bridgehead atoms. The minimum absolute atomic E-state index is 0.164. The van der Waals surface area contributed by atoms with Gasteiger partial charge in [-0.25, -0.2) is 5.43 Å². The van der Waals surface area contributed by atoms with Gasteiger partial charge in [0.15, 0.2) is 0 Å². The SMILES string of the molecule is C=C(C)[C@H]1CC=C(C)C(=NNC(=O)CNc2ccc(OCC)cc2)C1. The lowest BCUT2D eigenvalue weighted by Gasteiger charge is -2.22. The van der Waals surface area contributed by atoms with Gasteiger partial charge in [-0.15, -0.1) is 0 Å². The Kier molecular flexibility index (Phi) is 6.81. The molecular formula is C20H27N3O2. The van der Waals surface area contributed by atoms with Gasteiger partial charge < -0.3 is 10.1 Å². The van der Waals surface area contributed by atoms with Gasteiger partial charge in [-0.1, -0.05) is 18.2 Å². The van der Waals surface area contributed by atoms with Gasteiger partial charge in [0.1, 0.15) is 5.75 Å². The van der Waals surface area contributed by atoms with Gasteiger partial charge in [0.25, 0.3) is 5.91 Å². The molecule has 1 aromatic carbocycles. The highest BCUT2D eigenvalue weighted by atomic mass is 16.5. The minimum Gasteiger partial charge on any atom is -0.494 e. The smallest absolute Gasteiger partial charge is 0.259 e. The Balaban J connectivity index is 1.84. The minimum atomic E-state index is -0.174. The quantitative estimate of drug-likeness (QED) is 0.584. The number of anilines is 1. The molecule has 0 spiro atoms. The number of allylic oxidation sites excluding steroid dienone is 3. The van der Waals surface area contributed by atoms with Crippen LogP contribution in [0.25, 0.3) is 0 Å². The zero-order chi connectivity index (χ0) is 18.2. The summed E-state index contributed by atoms with van der Waals surface area (Å²) < 4.78 is 5.39. The number of benzene rings is 1. The molecule has 5 heteroatoms. The van der Waals surface area contributed by atoms with Crippen LogP contribution in [0.3, 0.4) is 0 Å². The van der Waals surface area contributed by atoms with E-state index < -0.39 is 0 Å². The first-order valence-corrected chi connectivity index (χ1v) is 8.64. The highest BCUT2D eigenvalue weighted by Crippen LogP contribution is 2.26. The third kappa shape index (κ3) is 5.78. The lowest BCUT2D eigenvalue weighted by molar-refractivity contribution is -0.119. The molecule has 2 rings (SSSR count). The van der Waals surface area contributed by atoms with Crippen LogP contribution in [0, 0.1) is 5.92 Å². The van der Waals surface area contributed by atoms with Gasteiger partial charge in [-0.05, 0) is 69.4 Å². The maximum Gasteiger partial charge on any atom is 0.259 e. The van der Waals surface area contributed by atoms with Gasteiger partial charge in [-0.3, -0.25) is 4.79 Å². The zero-order valence-electron chi connectivity index (χ0n) is 15.3. The topological polar surface area (TPSA) is 62.7 Å². The molecular weight excluding hydrogens is 314 g/mol. The molecule has 1 atom stereocenters. The summed E-state index contributed by atoms with van der Waals surface area (Å²) in [6, 6.07) is 7.51. The Morgan fingerprint density at radius 3 is 2.72 bits per heavy atom. The summed E-state index contributed by atoms with van der Waals surface area (Å²) in [6.45, 7) is 10.8. The summed E-state index contributed by atoms with van der Waals surface area (Å²) in [5, 5.41) is 7.37. The van der Waals surface area contributed by atoms with Crippen molar-refractivity contribution in [2.45, 2.75) is 33.6 Å². The van der Waals surface area contributed by atoms with Crippen molar-refractivity contribution < 1.29 is 9.53 Å². The standard InChI is InChI=1S/C20H27N3O2/c1-5-25-18-10-8-17(9-11-18)21-13-20(24)23-22-19-12-16(14(2)3)7-6-15(19)4/h6,8-11,16,21H,2,5,7,12-13H2,1,3-4H3,(H,23,24)/t16-/m0/s1. The van der Waals surface area contributed by atoms with Crippen molar-refractivity contribution in [3.63, 3.8) is 0 Å². The number of rotatable bonds is 7. The van der Waals surface area contributed by atoms with E-state index in [9.17, 15) is 4.79 Å². The van der Waals surface area contributed by atoms with Crippen LogP contribution in [-0.4, -0.2) is 24.8 Å². The lowest BCUT2D eigenvalue weighted by Crippen LogP contribution is -2.28. The molecule has 1 amide bonds. The second-order valence-electron chi connectivity index (χ2n) is 6.27. The van der Waals surface area contributed by atoms with E-state index in [-0.39, 0.29) is 12.5 Å². The molecule has 0 radical (unpaired) electrons. The number of amides is 1. The van der Waals surface area contributed by atoms with Crippen LogP contribution in [0.4, 0.5) is 5.69 Å². The second kappa shape index (κ2) is 9.06. The van der Waals surface area contributed by atoms with Gasteiger partial charge in [0.2, 0.25) is 0 Å². The van der Waals surface area contributed by atoms with Crippen molar-refractivity contribution in [1.29, 1.82) is 0 Å². The normalized spacial score (nSPS) is 18.4. The molecule has 134 valence electrons. The fourth-order valence-corrected chi connectivity index (χ4v) is 2.61. The summed E-state index contributed by atoms with van der Waals surface area (Å²) in [6.07, 6.45) is 3.98. The summed E-state index contributed by atoms with van der Waals surface area (Å²) in [7, 11) is 0. The van der Waals surface area contributed by atoms with E-state index in [0.29, 0.717) is 12.5 Å². The van der Waals surface area contributed by atoms with E-state index in [1.54, 1.807) is 0 Å². The molecule has 0 saturated heterocycles. The number of ether oxygens (including phenoxy) is 1. The number of carbonyl (C=O) groups is 1. The van der Waals surface area contributed by atoms with E-state index in [2.05, 4.69) is 28.5 Å². The number of hydrogen-bond acceptors (Lipinski definition) is 4. The van der Waals surface area contributed by atoms with Crippen LogP contribution < -0.4 is 15.5 Å². The number of carbonyl (C=O) groups excluding carboxylic acids is 1. The molecule has 0 aliphatic heterocycles. The van der Waals surface area contributed by atoms with Crippen LogP contribution in [-0.2, 0) is 4.79 Å². The first-order valence-electron chi connectivity index (χ1n) is 8.64. The third-order valence-corrected chi connectivity index (χ3v) is 4.23. The second-order valence-corrected chi connectivity index (χ2v) is 6.27. The molecule has 25 heavy (non-hydrogen) atoms. The van der Waals surface area contributed by atoms with Crippen LogP contribution in [0.15, 0.2) is 53.2 Å². The Hall–Kier alpha value is -2.56. The number of nitrogens with one attached hydrogen (secondary N) is 2. The molecule has 0 unspecified atom stereocenters. The summed E-state index contributed by atoms with van der Waals surface area (Å²) in [5.74, 6) is 1.04. The average molecular weight is 341 g/mol. The average Bonchev–Trinajstić information content (AvgIpc) is 2.60. The lowest BCUT2D eigenvalue weighted by atomic mass is 9.85. The van der Waals surface area contributed by atoms with Crippen molar-refractivity contribution in [2.24, 2.45) is 11.0 Å². The van der Waals surface area contributed by atoms with Gasteiger partial charge >= 0.3 is 0 Å². The molecule has 0 heterocycles. The van der Waals surface area contributed by atoms with E-state index in [4.69, 9.17) is 4.74 Å². The predicted octanol–water partition coefficient (Wildman–Crippen LogP) is 3.90. The van der Waals surface area contributed by atoms with Crippen LogP contribution >= 0.6 is 0 Å². The van der Waals surface area contributed by atoms with E-state index in [0.717, 1.165) is 41.1 Å². The number of nitrogens with zero attached hydrogens (tertiary/aromatic N) is 1. The maximum atomic E-state index is 12.0. The van der Waals surface area contributed by atoms with Crippen molar-refractivity contribution in [2.75, 3.05) is 18.5 Å². The monoisotopic (exact) mass is 341 g/mol.